The van der Waals surface area contributed by atoms with E-state index < -0.39 is 5.60 Å². The van der Waals surface area contributed by atoms with Gasteiger partial charge in [0.05, 0.1) is 5.60 Å². The van der Waals surface area contributed by atoms with Crippen molar-refractivity contribution in [2.75, 3.05) is 0 Å². The van der Waals surface area contributed by atoms with Crippen LogP contribution < -0.4 is 0 Å². The van der Waals surface area contributed by atoms with Gasteiger partial charge < -0.3 is 5.11 Å². The molecule has 1 nitrogen and oxygen atoms in total. The van der Waals surface area contributed by atoms with E-state index >= 15 is 0 Å². The molecule has 0 radical (unpaired) electrons. The minimum Gasteiger partial charge on any atom is -0.385 e. The van der Waals surface area contributed by atoms with Crippen molar-refractivity contribution < 1.29 is 5.11 Å². The Morgan fingerprint density at radius 1 is 0.810 bits per heavy atom. The van der Waals surface area contributed by atoms with Crippen molar-refractivity contribution in [1.82, 2.24) is 0 Å². The van der Waals surface area contributed by atoms with Crippen molar-refractivity contribution in [3.05, 3.63) is 34.9 Å². The SMILES string of the molecule is OC1(c2ccc(Cl)cc2)[C@@H]2CCCC[C@H]2[C@H]2CCCC[C@@H]21. The average Bonchev–Trinajstić information content (AvgIpc) is 2.80. The topological polar surface area (TPSA) is 20.2 Å². The van der Waals surface area contributed by atoms with Gasteiger partial charge in [-0.2, -0.15) is 0 Å². The molecule has 3 aliphatic carbocycles. The molecule has 0 bridgehead atoms. The van der Waals surface area contributed by atoms with Gasteiger partial charge in [0.25, 0.3) is 0 Å². The Morgan fingerprint density at radius 3 is 1.81 bits per heavy atom. The van der Waals surface area contributed by atoms with Gasteiger partial charge in [-0.3, -0.25) is 0 Å². The van der Waals surface area contributed by atoms with Crippen molar-refractivity contribution in [1.29, 1.82) is 0 Å². The highest BCUT2D eigenvalue weighted by atomic mass is 35.5. The summed E-state index contributed by atoms with van der Waals surface area (Å²) in [5.74, 6) is 2.45. The fourth-order valence-corrected chi connectivity index (χ4v) is 5.98. The lowest BCUT2D eigenvalue weighted by atomic mass is 9.71. The van der Waals surface area contributed by atoms with Gasteiger partial charge in [0.2, 0.25) is 0 Å². The van der Waals surface area contributed by atoms with Crippen LogP contribution in [-0.2, 0) is 5.60 Å². The van der Waals surface area contributed by atoms with E-state index in [2.05, 4.69) is 12.1 Å². The van der Waals surface area contributed by atoms with Gasteiger partial charge in [-0.1, -0.05) is 49.4 Å². The maximum Gasteiger partial charge on any atom is 0.0958 e. The van der Waals surface area contributed by atoms with Gasteiger partial charge in [-0.05, 0) is 67.1 Å². The molecule has 3 aliphatic rings. The second-order valence-electron chi connectivity index (χ2n) is 7.44. The van der Waals surface area contributed by atoms with Crippen LogP contribution in [0.1, 0.15) is 56.9 Å². The third-order valence-electron chi connectivity index (χ3n) is 6.63. The standard InChI is InChI=1S/C19H25ClO/c20-14-11-9-13(10-12-14)19(21)17-7-3-1-5-15(17)16-6-2-4-8-18(16)19/h9-12,15-18,21H,1-8H2/t15-,16+,17+,18-,19?. The molecular weight excluding hydrogens is 280 g/mol. The van der Waals surface area contributed by atoms with Crippen molar-refractivity contribution >= 4 is 11.6 Å². The molecule has 5 atom stereocenters. The van der Waals surface area contributed by atoms with E-state index in [0.717, 1.165) is 22.4 Å². The Labute approximate surface area is 132 Å². The Bertz CT molecular complexity index is 487. The molecule has 0 aromatic heterocycles. The van der Waals surface area contributed by atoms with Crippen LogP contribution in [0, 0.1) is 23.7 Å². The summed E-state index contributed by atoms with van der Waals surface area (Å²) in [5, 5.41) is 12.6. The van der Waals surface area contributed by atoms with E-state index in [1.807, 2.05) is 12.1 Å². The van der Waals surface area contributed by atoms with Crippen LogP contribution in [0.3, 0.4) is 0 Å². The third kappa shape index (κ3) is 2.08. The summed E-state index contributed by atoms with van der Waals surface area (Å²) in [6.07, 6.45) is 10.4. The molecule has 1 unspecified atom stereocenters. The average molecular weight is 305 g/mol. The van der Waals surface area contributed by atoms with Crippen LogP contribution in [0.25, 0.3) is 0 Å². The summed E-state index contributed by atoms with van der Waals surface area (Å²) < 4.78 is 0. The Morgan fingerprint density at radius 2 is 1.29 bits per heavy atom. The second-order valence-corrected chi connectivity index (χ2v) is 7.88. The van der Waals surface area contributed by atoms with Crippen molar-refractivity contribution in [2.45, 2.75) is 57.0 Å². The van der Waals surface area contributed by atoms with E-state index in [1.165, 1.54) is 51.4 Å². The molecule has 114 valence electrons. The van der Waals surface area contributed by atoms with Gasteiger partial charge in [0.15, 0.2) is 0 Å². The van der Waals surface area contributed by atoms with Crippen LogP contribution in [-0.4, -0.2) is 5.11 Å². The first kappa shape index (κ1) is 14.1. The van der Waals surface area contributed by atoms with Crippen molar-refractivity contribution in [3.8, 4) is 0 Å². The highest BCUT2D eigenvalue weighted by Gasteiger charge is 2.60. The largest absolute Gasteiger partial charge is 0.385 e. The zero-order valence-electron chi connectivity index (χ0n) is 12.6. The van der Waals surface area contributed by atoms with E-state index in [4.69, 9.17) is 11.6 Å². The molecule has 2 heteroatoms. The van der Waals surface area contributed by atoms with Gasteiger partial charge in [0.1, 0.15) is 0 Å². The first-order chi connectivity index (χ1) is 10.2. The van der Waals surface area contributed by atoms with Gasteiger partial charge in [-0.25, -0.2) is 0 Å². The normalized spacial score (nSPS) is 42.4. The van der Waals surface area contributed by atoms with Crippen molar-refractivity contribution in [2.24, 2.45) is 23.7 Å². The smallest absolute Gasteiger partial charge is 0.0958 e. The monoisotopic (exact) mass is 304 g/mol. The minimum atomic E-state index is -0.596. The summed E-state index contributed by atoms with van der Waals surface area (Å²) in [6, 6.07) is 8.04. The van der Waals surface area contributed by atoms with Crippen LogP contribution >= 0.6 is 11.6 Å². The molecule has 4 rings (SSSR count). The fourth-order valence-electron chi connectivity index (χ4n) is 5.86. The Balaban J connectivity index is 1.78. The van der Waals surface area contributed by atoms with Crippen molar-refractivity contribution in [3.63, 3.8) is 0 Å². The number of benzene rings is 1. The molecule has 0 saturated heterocycles. The van der Waals surface area contributed by atoms with Gasteiger partial charge in [0, 0.05) is 5.02 Å². The molecule has 3 saturated carbocycles. The van der Waals surface area contributed by atoms with E-state index in [0.29, 0.717) is 11.8 Å². The van der Waals surface area contributed by atoms with Crippen LogP contribution in [0.15, 0.2) is 24.3 Å². The lowest BCUT2D eigenvalue weighted by Crippen LogP contribution is -2.39. The van der Waals surface area contributed by atoms with Crippen LogP contribution in [0.4, 0.5) is 0 Å². The number of halogens is 1. The van der Waals surface area contributed by atoms with E-state index in [9.17, 15) is 5.11 Å². The predicted molar refractivity (Wildman–Crippen MR) is 86.2 cm³/mol. The fraction of sp³-hybridized carbons (Fsp3) is 0.684. The molecule has 0 spiro atoms. The van der Waals surface area contributed by atoms with Crippen LogP contribution in [0.2, 0.25) is 5.02 Å². The molecular formula is C19H25ClO. The lowest BCUT2D eigenvalue weighted by Gasteiger charge is -2.39. The molecule has 0 amide bonds. The lowest BCUT2D eigenvalue weighted by molar-refractivity contribution is -0.0650. The molecule has 0 aliphatic heterocycles. The summed E-state index contributed by atoms with van der Waals surface area (Å²) >= 11 is 6.06. The summed E-state index contributed by atoms with van der Waals surface area (Å²) in [7, 11) is 0. The molecule has 0 heterocycles. The van der Waals surface area contributed by atoms with Gasteiger partial charge in [-0.15, -0.1) is 0 Å². The highest BCUT2D eigenvalue weighted by Crippen LogP contribution is 2.62. The molecule has 3 fully saturated rings. The summed E-state index contributed by atoms with van der Waals surface area (Å²) in [5.41, 5.74) is 0.527. The number of rotatable bonds is 1. The first-order valence-corrected chi connectivity index (χ1v) is 9.07. The predicted octanol–water partition coefficient (Wildman–Crippen LogP) is 5.15. The number of aliphatic hydroxyl groups is 1. The number of fused-ring (bicyclic) bond motifs is 3. The second kappa shape index (κ2) is 5.28. The van der Waals surface area contributed by atoms with Crippen LogP contribution in [0.5, 0.6) is 0 Å². The van der Waals surface area contributed by atoms with Gasteiger partial charge >= 0.3 is 0 Å². The maximum atomic E-state index is 11.8. The number of hydrogen-bond acceptors (Lipinski definition) is 1. The molecule has 1 aromatic carbocycles. The zero-order chi connectivity index (χ0) is 14.4. The van der Waals surface area contributed by atoms with E-state index in [1.54, 1.807) is 0 Å². The van der Waals surface area contributed by atoms with E-state index in [-0.39, 0.29) is 0 Å². The Kier molecular flexibility index (Phi) is 3.54. The molecule has 21 heavy (non-hydrogen) atoms. The third-order valence-corrected chi connectivity index (χ3v) is 6.88. The maximum absolute atomic E-state index is 11.8. The Hall–Kier alpha value is -0.530. The minimum absolute atomic E-state index is 0.473. The highest BCUT2D eigenvalue weighted by molar-refractivity contribution is 6.30. The zero-order valence-corrected chi connectivity index (χ0v) is 13.4. The molecule has 1 N–H and O–H groups in total. The summed E-state index contributed by atoms with van der Waals surface area (Å²) in [4.78, 5) is 0. The molecule has 1 aromatic rings. The summed E-state index contributed by atoms with van der Waals surface area (Å²) in [6.45, 7) is 0. The first-order valence-electron chi connectivity index (χ1n) is 8.69. The quantitative estimate of drug-likeness (QED) is 0.760. The number of hydrogen-bond donors (Lipinski definition) is 1.